The van der Waals surface area contributed by atoms with Crippen LogP contribution < -0.4 is 21.9 Å². The predicted octanol–water partition coefficient (Wildman–Crippen LogP) is 0.740. The molecule has 0 amide bonds. The lowest BCUT2D eigenvalue weighted by molar-refractivity contribution is 0.0439. The van der Waals surface area contributed by atoms with Crippen molar-refractivity contribution in [3.63, 3.8) is 0 Å². The normalized spacial score (nSPS) is 19.5. The van der Waals surface area contributed by atoms with E-state index in [1.165, 1.54) is 0 Å². The molecule has 0 aromatic carbocycles. The molecule has 0 saturated carbocycles. The molecule has 0 bridgehead atoms. The van der Waals surface area contributed by atoms with Gasteiger partial charge in [-0.1, -0.05) is 6.92 Å². The van der Waals surface area contributed by atoms with E-state index in [-0.39, 0.29) is 12.1 Å². The van der Waals surface area contributed by atoms with Gasteiger partial charge in [0.1, 0.15) is 11.6 Å². The molecule has 1 atom stereocenters. The smallest absolute Gasteiger partial charge is 0.223 e. The van der Waals surface area contributed by atoms with Crippen molar-refractivity contribution in [2.24, 2.45) is 5.84 Å². The Morgan fingerprint density at radius 1 is 1.53 bits per heavy atom. The van der Waals surface area contributed by atoms with E-state index in [9.17, 15) is 0 Å². The van der Waals surface area contributed by atoms with Gasteiger partial charge < -0.3 is 20.8 Å². The Balaban J connectivity index is 2.06. The molecule has 1 aromatic rings. The molecule has 5 N–H and O–H groups in total. The molecular weight excluding hydrogens is 244 g/mol. The molecule has 2 heterocycles. The topological polar surface area (TPSA) is 102 Å². The van der Waals surface area contributed by atoms with Gasteiger partial charge in [0.25, 0.3) is 0 Å². The van der Waals surface area contributed by atoms with Crippen LogP contribution in [0.1, 0.15) is 26.2 Å². The number of nitrogens with zero attached hydrogens (tertiary/aromatic N) is 3. The van der Waals surface area contributed by atoms with Crippen LogP contribution in [0.25, 0.3) is 0 Å². The van der Waals surface area contributed by atoms with Crippen LogP contribution in [0, 0.1) is 0 Å². The Morgan fingerprint density at radius 3 is 3.11 bits per heavy atom. The van der Waals surface area contributed by atoms with E-state index >= 15 is 0 Å². The van der Waals surface area contributed by atoms with Gasteiger partial charge in [-0.3, -0.25) is 0 Å². The zero-order valence-electron chi connectivity index (χ0n) is 11.3. The molecule has 106 valence electrons. The molecule has 1 saturated heterocycles. The first kappa shape index (κ1) is 13.8. The molecular formula is C12H22N6O. The number of hydrazine groups is 1. The largest absolute Gasteiger partial charge is 0.376 e. The third-order valence-corrected chi connectivity index (χ3v) is 3.14. The van der Waals surface area contributed by atoms with Gasteiger partial charge in [-0.2, -0.15) is 9.97 Å². The maximum absolute atomic E-state index is 5.81. The Labute approximate surface area is 113 Å². The van der Waals surface area contributed by atoms with Crippen LogP contribution in [0.4, 0.5) is 17.6 Å². The molecule has 1 aliphatic heterocycles. The highest BCUT2D eigenvalue weighted by atomic mass is 16.5. The highest BCUT2D eigenvalue weighted by Crippen LogP contribution is 2.22. The number of ether oxygens (including phenoxy) is 1. The first-order chi connectivity index (χ1) is 9.22. The quantitative estimate of drug-likeness (QED) is 0.533. The number of nitrogen functional groups attached to an aromatic ring is 2. The summed E-state index contributed by atoms with van der Waals surface area (Å²) in [4.78, 5) is 10.4. The summed E-state index contributed by atoms with van der Waals surface area (Å²) in [5.74, 6) is 6.92. The molecule has 0 radical (unpaired) electrons. The van der Waals surface area contributed by atoms with E-state index < -0.39 is 0 Å². The van der Waals surface area contributed by atoms with Crippen molar-refractivity contribution in [1.82, 2.24) is 9.97 Å². The van der Waals surface area contributed by atoms with Gasteiger partial charge in [0.2, 0.25) is 5.95 Å². The molecule has 1 aliphatic rings. The number of rotatable bonds is 5. The maximum Gasteiger partial charge on any atom is 0.223 e. The first-order valence-corrected chi connectivity index (χ1v) is 6.70. The fraction of sp³-hybridized carbons (Fsp3) is 0.667. The van der Waals surface area contributed by atoms with Crippen molar-refractivity contribution < 1.29 is 4.74 Å². The minimum atomic E-state index is 0.224. The monoisotopic (exact) mass is 266 g/mol. The minimum absolute atomic E-state index is 0.224. The number of anilines is 3. The fourth-order valence-corrected chi connectivity index (χ4v) is 2.26. The van der Waals surface area contributed by atoms with Gasteiger partial charge in [-0.15, -0.1) is 0 Å². The summed E-state index contributed by atoms with van der Waals surface area (Å²) in [6, 6.07) is 1.80. The highest BCUT2D eigenvalue weighted by molar-refractivity contribution is 5.52. The number of piperidine rings is 1. The molecule has 1 fully saturated rings. The third-order valence-electron chi connectivity index (χ3n) is 3.14. The van der Waals surface area contributed by atoms with E-state index in [0.29, 0.717) is 5.82 Å². The molecule has 19 heavy (non-hydrogen) atoms. The average Bonchev–Trinajstić information content (AvgIpc) is 2.44. The zero-order chi connectivity index (χ0) is 13.7. The number of nitrogens with two attached hydrogens (primary N) is 2. The van der Waals surface area contributed by atoms with Crippen LogP contribution in [0.3, 0.4) is 0 Å². The summed E-state index contributed by atoms with van der Waals surface area (Å²) in [6.07, 6.45) is 3.49. The third kappa shape index (κ3) is 3.68. The maximum atomic E-state index is 5.81. The summed E-state index contributed by atoms with van der Waals surface area (Å²) in [5, 5.41) is 0. The van der Waals surface area contributed by atoms with Gasteiger partial charge in [0, 0.05) is 25.8 Å². The van der Waals surface area contributed by atoms with E-state index in [2.05, 4.69) is 27.2 Å². The van der Waals surface area contributed by atoms with E-state index in [1.54, 1.807) is 6.07 Å². The van der Waals surface area contributed by atoms with Crippen molar-refractivity contribution >= 4 is 17.6 Å². The molecule has 2 rings (SSSR count). The van der Waals surface area contributed by atoms with E-state index in [1.807, 2.05) is 0 Å². The second-order valence-electron chi connectivity index (χ2n) is 4.69. The summed E-state index contributed by atoms with van der Waals surface area (Å²) in [7, 11) is 0. The van der Waals surface area contributed by atoms with Gasteiger partial charge in [-0.25, -0.2) is 5.84 Å². The Hall–Kier alpha value is -1.60. The number of hydrogen-bond donors (Lipinski definition) is 3. The van der Waals surface area contributed by atoms with Crippen LogP contribution >= 0.6 is 0 Å². The SMILES string of the molecule is CCCOC1CCCN(c2cc(NN)nc(N)n2)C1. The van der Waals surface area contributed by atoms with Crippen LogP contribution in [0.2, 0.25) is 0 Å². The average molecular weight is 266 g/mol. The number of nitrogens with one attached hydrogen (secondary N) is 1. The highest BCUT2D eigenvalue weighted by Gasteiger charge is 2.22. The summed E-state index contributed by atoms with van der Waals surface area (Å²) >= 11 is 0. The van der Waals surface area contributed by atoms with Crippen molar-refractivity contribution in [2.45, 2.75) is 32.3 Å². The standard InChI is InChI=1S/C12H22N6O/c1-2-6-19-9-4-3-5-18(8-9)11-7-10(17-14)15-12(13)16-11/h7,9H,2-6,8,14H2,1H3,(H3,13,15,16,17). The lowest BCUT2D eigenvalue weighted by Crippen LogP contribution is -2.40. The second-order valence-corrected chi connectivity index (χ2v) is 4.69. The van der Waals surface area contributed by atoms with Crippen molar-refractivity contribution in [3.05, 3.63) is 6.07 Å². The number of aromatic nitrogens is 2. The molecule has 7 nitrogen and oxygen atoms in total. The summed E-state index contributed by atoms with van der Waals surface area (Å²) in [6.45, 7) is 4.71. The number of hydrogen-bond acceptors (Lipinski definition) is 7. The predicted molar refractivity (Wildman–Crippen MR) is 75.7 cm³/mol. The van der Waals surface area contributed by atoms with E-state index in [4.69, 9.17) is 16.3 Å². The molecule has 1 unspecified atom stereocenters. The summed E-state index contributed by atoms with van der Waals surface area (Å²) in [5.41, 5.74) is 8.18. The molecule has 0 aliphatic carbocycles. The fourth-order valence-electron chi connectivity index (χ4n) is 2.26. The Bertz CT molecular complexity index is 413. The lowest BCUT2D eigenvalue weighted by atomic mass is 10.1. The van der Waals surface area contributed by atoms with Crippen LogP contribution in [0.5, 0.6) is 0 Å². The Kier molecular flexibility index (Phi) is 4.75. The lowest BCUT2D eigenvalue weighted by Gasteiger charge is -2.33. The van der Waals surface area contributed by atoms with Gasteiger partial charge in [0.15, 0.2) is 0 Å². The first-order valence-electron chi connectivity index (χ1n) is 6.70. The molecule has 1 aromatic heterocycles. The van der Waals surface area contributed by atoms with Crippen molar-refractivity contribution in [3.8, 4) is 0 Å². The van der Waals surface area contributed by atoms with Crippen LogP contribution in [-0.4, -0.2) is 35.8 Å². The van der Waals surface area contributed by atoms with Crippen molar-refractivity contribution in [2.75, 3.05) is 35.8 Å². The van der Waals surface area contributed by atoms with Crippen molar-refractivity contribution in [1.29, 1.82) is 0 Å². The van der Waals surface area contributed by atoms with Gasteiger partial charge in [0.05, 0.1) is 6.10 Å². The second kappa shape index (κ2) is 6.53. The summed E-state index contributed by atoms with van der Waals surface area (Å²) < 4.78 is 5.81. The molecule has 7 heteroatoms. The zero-order valence-corrected chi connectivity index (χ0v) is 11.3. The van der Waals surface area contributed by atoms with Crippen LogP contribution in [0.15, 0.2) is 6.07 Å². The molecule has 0 spiro atoms. The Morgan fingerprint density at radius 2 is 2.37 bits per heavy atom. The van der Waals surface area contributed by atoms with E-state index in [0.717, 1.165) is 44.8 Å². The minimum Gasteiger partial charge on any atom is -0.376 e. The van der Waals surface area contributed by atoms with Gasteiger partial charge in [-0.05, 0) is 19.3 Å². The van der Waals surface area contributed by atoms with Crippen LogP contribution in [-0.2, 0) is 4.74 Å². The van der Waals surface area contributed by atoms with Gasteiger partial charge >= 0.3 is 0 Å².